The molecular formula is C35H40N2O5. The van der Waals surface area contributed by atoms with Crippen molar-refractivity contribution in [1.82, 2.24) is 4.90 Å². The Hall–Kier alpha value is -3.55. The number of ether oxygens (including phenoxy) is 1. The van der Waals surface area contributed by atoms with Crippen molar-refractivity contribution in [2.45, 2.75) is 63.9 Å². The van der Waals surface area contributed by atoms with Crippen LogP contribution >= 0.6 is 0 Å². The first-order valence-corrected chi connectivity index (χ1v) is 15.2. The monoisotopic (exact) mass is 568 g/mol. The molecule has 2 aliphatic carbocycles. The van der Waals surface area contributed by atoms with E-state index in [1.54, 1.807) is 31.2 Å². The highest BCUT2D eigenvalue weighted by Crippen LogP contribution is 2.62. The molecule has 6 rings (SSSR count). The number of aliphatic hydroxyl groups is 1. The lowest BCUT2D eigenvalue weighted by Gasteiger charge is -2.66. The van der Waals surface area contributed by atoms with Crippen LogP contribution in [0.2, 0.25) is 0 Å². The number of rotatable bonds is 8. The van der Waals surface area contributed by atoms with E-state index >= 15 is 0 Å². The lowest BCUT2D eigenvalue weighted by atomic mass is 9.47. The molecule has 2 aromatic rings. The fraction of sp³-hybridized carbons (Fsp3) is 0.457. The molecule has 1 saturated carbocycles. The van der Waals surface area contributed by atoms with Crippen molar-refractivity contribution in [1.29, 1.82) is 0 Å². The van der Waals surface area contributed by atoms with Gasteiger partial charge in [0.2, 0.25) is 0 Å². The molecule has 4 aliphatic rings. The van der Waals surface area contributed by atoms with Gasteiger partial charge in [-0.2, -0.15) is 0 Å². The lowest BCUT2D eigenvalue weighted by Crippen LogP contribution is -2.73. The van der Waals surface area contributed by atoms with E-state index in [1.807, 2.05) is 6.07 Å². The summed E-state index contributed by atoms with van der Waals surface area (Å²) in [6.07, 6.45) is 12.7. The van der Waals surface area contributed by atoms with Gasteiger partial charge in [-0.05, 0) is 76.1 Å². The van der Waals surface area contributed by atoms with Crippen LogP contribution in [-0.2, 0) is 20.7 Å². The highest BCUT2D eigenvalue weighted by atomic mass is 16.5. The van der Waals surface area contributed by atoms with Crippen LogP contribution in [0.4, 0.5) is 5.69 Å². The molecule has 1 saturated heterocycles. The predicted molar refractivity (Wildman–Crippen MR) is 161 cm³/mol. The number of carbonyl (C=O) groups is 3. The summed E-state index contributed by atoms with van der Waals surface area (Å²) in [5.41, 5.74) is 0.189. The van der Waals surface area contributed by atoms with Gasteiger partial charge >= 0.3 is 5.97 Å². The van der Waals surface area contributed by atoms with Gasteiger partial charge in [0.1, 0.15) is 6.61 Å². The Morgan fingerprint density at radius 1 is 0.976 bits per heavy atom. The molecule has 2 aliphatic heterocycles. The molecule has 2 bridgehead atoms. The summed E-state index contributed by atoms with van der Waals surface area (Å²) >= 11 is 0. The van der Waals surface area contributed by atoms with Gasteiger partial charge in [0.15, 0.2) is 0 Å². The van der Waals surface area contributed by atoms with Crippen LogP contribution < -0.4 is 4.90 Å². The zero-order valence-electron chi connectivity index (χ0n) is 24.4. The van der Waals surface area contributed by atoms with Gasteiger partial charge in [-0.3, -0.25) is 9.59 Å². The van der Waals surface area contributed by atoms with E-state index in [2.05, 4.69) is 41.3 Å². The SMILES string of the molecule is CC1=CC(=O)N(c2ccccc2C(=O)OC[C@@]23CCC[C@]4(CCC=CC[C@@]42O)CN(CCCc2ccccc2)C3)C1=O. The van der Waals surface area contributed by atoms with Crippen LogP contribution in [0.5, 0.6) is 0 Å². The first-order valence-electron chi connectivity index (χ1n) is 15.2. The second-order valence-electron chi connectivity index (χ2n) is 12.7. The number of likely N-dealkylation sites (tertiary alicyclic amines) is 1. The topological polar surface area (TPSA) is 87.2 Å². The molecule has 2 aromatic carbocycles. The zero-order valence-corrected chi connectivity index (χ0v) is 24.4. The molecule has 2 fully saturated rings. The second kappa shape index (κ2) is 11.3. The van der Waals surface area contributed by atoms with Crippen molar-refractivity contribution in [3.05, 3.63) is 89.5 Å². The molecule has 220 valence electrons. The van der Waals surface area contributed by atoms with Crippen LogP contribution in [0.15, 0.2) is 78.4 Å². The zero-order chi connectivity index (χ0) is 29.4. The molecule has 3 atom stereocenters. The number of aryl methyl sites for hydroxylation is 1. The molecule has 0 unspecified atom stereocenters. The number of benzene rings is 2. The van der Waals surface area contributed by atoms with Crippen molar-refractivity contribution in [2.75, 3.05) is 31.1 Å². The average Bonchev–Trinajstić information content (AvgIpc) is 3.11. The van der Waals surface area contributed by atoms with Crippen LogP contribution in [-0.4, -0.2) is 59.6 Å². The third kappa shape index (κ3) is 4.82. The van der Waals surface area contributed by atoms with Gasteiger partial charge in [0.05, 0.1) is 16.9 Å². The van der Waals surface area contributed by atoms with Crippen LogP contribution in [0.1, 0.15) is 67.8 Å². The summed E-state index contributed by atoms with van der Waals surface area (Å²) in [6, 6.07) is 17.1. The molecule has 42 heavy (non-hydrogen) atoms. The largest absolute Gasteiger partial charge is 0.461 e. The first-order chi connectivity index (χ1) is 20.3. The maximum Gasteiger partial charge on any atom is 0.340 e. The number of esters is 1. The number of nitrogens with zero attached hydrogens (tertiary/aromatic N) is 2. The number of piperidine rings is 1. The Labute approximate surface area is 247 Å². The number of allylic oxidation sites excluding steroid dienone is 1. The lowest BCUT2D eigenvalue weighted by molar-refractivity contribution is -0.255. The molecule has 0 aromatic heterocycles. The van der Waals surface area contributed by atoms with Gasteiger partial charge < -0.3 is 14.7 Å². The van der Waals surface area contributed by atoms with Crippen molar-refractivity contribution >= 4 is 23.5 Å². The van der Waals surface area contributed by atoms with E-state index in [-0.39, 0.29) is 23.3 Å². The molecular weight excluding hydrogens is 528 g/mol. The molecule has 1 N–H and O–H groups in total. The number of anilines is 1. The summed E-state index contributed by atoms with van der Waals surface area (Å²) in [5.74, 6) is -1.49. The number of imide groups is 1. The standard InChI is InChI=1S/C35H40N2O5/c1-26-22-30(38)37(31(26)39)29-16-7-6-15-28(29)32(40)42-25-34-19-11-18-33(17-8-3-9-20-35(33,34)41)23-36(24-34)21-10-14-27-12-4-2-5-13-27/h2-7,9,12-13,15-16,22,41H,8,10-11,14,17-21,23-25H2,1H3/t33-,34+,35-/m1/s1. The normalized spacial score (nSPS) is 29.2. The Bertz CT molecular complexity index is 1430. The maximum absolute atomic E-state index is 13.7. The van der Waals surface area contributed by atoms with Gasteiger partial charge in [-0.1, -0.05) is 61.0 Å². The van der Waals surface area contributed by atoms with Crippen molar-refractivity contribution in [3.8, 4) is 0 Å². The number of carbonyl (C=O) groups excluding carboxylic acids is 3. The third-order valence-corrected chi connectivity index (χ3v) is 10.2. The third-order valence-electron chi connectivity index (χ3n) is 10.2. The minimum atomic E-state index is -0.983. The Morgan fingerprint density at radius 2 is 1.76 bits per heavy atom. The Kier molecular flexibility index (Phi) is 7.66. The molecule has 2 heterocycles. The van der Waals surface area contributed by atoms with Gasteiger partial charge in [-0.25, -0.2) is 9.69 Å². The number of hydrogen-bond donors (Lipinski definition) is 1. The van der Waals surface area contributed by atoms with Gasteiger partial charge in [0.25, 0.3) is 11.8 Å². The van der Waals surface area contributed by atoms with Gasteiger partial charge in [0, 0.05) is 35.6 Å². The average molecular weight is 569 g/mol. The fourth-order valence-corrected chi connectivity index (χ4v) is 8.13. The van der Waals surface area contributed by atoms with E-state index in [9.17, 15) is 19.5 Å². The predicted octanol–water partition coefficient (Wildman–Crippen LogP) is 5.24. The summed E-state index contributed by atoms with van der Waals surface area (Å²) in [7, 11) is 0. The van der Waals surface area contributed by atoms with Crippen molar-refractivity contribution < 1.29 is 24.2 Å². The summed E-state index contributed by atoms with van der Waals surface area (Å²) < 4.78 is 6.10. The molecule has 7 nitrogen and oxygen atoms in total. The molecule has 7 heteroatoms. The molecule has 0 spiro atoms. The van der Waals surface area contributed by atoms with Crippen molar-refractivity contribution in [2.24, 2.45) is 10.8 Å². The second-order valence-corrected chi connectivity index (χ2v) is 12.7. The van der Waals surface area contributed by atoms with E-state index in [1.165, 1.54) is 11.6 Å². The first kappa shape index (κ1) is 28.6. The summed E-state index contributed by atoms with van der Waals surface area (Å²) in [5, 5.41) is 12.6. The smallest absolute Gasteiger partial charge is 0.340 e. The van der Waals surface area contributed by atoms with E-state index in [0.717, 1.165) is 62.9 Å². The highest BCUT2D eigenvalue weighted by molar-refractivity contribution is 6.31. The van der Waals surface area contributed by atoms with E-state index < -0.39 is 28.8 Å². The van der Waals surface area contributed by atoms with E-state index in [0.29, 0.717) is 18.5 Å². The Balaban J connectivity index is 1.25. The summed E-state index contributed by atoms with van der Waals surface area (Å²) in [4.78, 5) is 42.5. The number of para-hydroxylation sites is 1. The molecule has 0 radical (unpaired) electrons. The van der Waals surface area contributed by atoms with E-state index in [4.69, 9.17) is 4.74 Å². The summed E-state index contributed by atoms with van der Waals surface area (Å²) in [6.45, 7) is 4.11. The van der Waals surface area contributed by atoms with Crippen LogP contribution in [0.3, 0.4) is 0 Å². The minimum absolute atomic E-state index is 0.0839. The number of hydrogen-bond acceptors (Lipinski definition) is 6. The molecule has 2 amide bonds. The Morgan fingerprint density at radius 3 is 2.55 bits per heavy atom. The van der Waals surface area contributed by atoms with Crippen LogP contribution in [0, 0.1) is 10.8 Å². The maximum atomic E-state index is 13.7. The van der Waals surface area contributed by atoms with Gasteiger partial charge in [-0.15, -0.1) is 0 Å². The van der Waals surface area contributed by atoms with Crippen molar-refractivity contribution in [3.63, 3.8) is 0 Å². The minimum Gasteiger partial charge on any atom is -0.461 e. The quantitative estimate of drug-likeness (QED) is 0.266. The number of amides is 2. The fourth-order valence-electron chi connectivity index (χ4n) is 8.13. The van der Waals surface area contributed by atoms with Crippen LogP contribution in [0.25, 0.3) is 0 Å². The highest BCUT2D eigenvalue weighted by Gasteiger charge is 2.67.